The van der Waals surface area contributed by atoms with Gasteiger partial charge in [-0.15, -0.1) is 11.3 Å². The monoisotopic (exact) mass is 390 g/mol. The van der Waals surface area contributed by atoms with Crippen molar-refractivity contribution in [3.8, 4) is 0 Å². The van der Waals surface area contributed by atoms with E-state index in [4.69, 9.17) is 4.98 Å². The average molecular weight is 391 g/mol. The number of anilines is 1. The molecule has 1 unspecified atom stereocenters. The molecule has 1 aliphatic carbocycles. The topological polar surface area (TPSA) is 56.8 Å². The number of amides is 2. The SMILES string of the molecule is CC(=O)N1CCN(c2nc3c(s2)CC(C(=O)N2CCC(C)CC2)CC3)CC1. The first-order chi connectivity index (χ1) is 13.0. The predicted molar refractivity (Wildman–Crippen MR) is 107 cm³/mol. The number of carbonyl (C=O) groups is 2. The van der Waals surface area contributed by atoms with E-state index in [1.165, 1.54) is 10.6 Å². The van der Waals surface area contributed by atoms with Crippen LogP contribution < -0.4 is 4.90 Å². The Morgan fingerprint density at radius 3 is 2.37 bits per heavy atom. The molecule has 6 nitrogen and oxygen atoms in total. The van der Waals surface area contributed by atoms with Gasteiger partial charge in [-0.1, -0.05) is 6.92 Å². The maximum absolute atomic E-state index is 12.9. The van der Waals surface area contributed by atoms with Gasteiger partial charge in [0.25, 0.3) is 0 Å². The number of aromatic nitrogens is 1. The number of likely N-dealkylation sites (tertiary alicyclic amines) is 1. The molecule has 0 saturated carbocycles. The Hall–Kier alpha value is -1.63. The summed E-state index contributed by atoms with van der Waals surface area (Å²) in [6.45, 7) is 9.01. The van der Waals surface area contributed by atoms with Crippen LogP contribution in [0.15, 0.2) is 0 Å². The summed E-state index contributed by atoms with van der Waals surface area (Å²) in [5.74, 6) is 1.40. The van der Waals surface area contributed by atoms with Gasteiger partial charge in [0.05, 0.1) is 5.69 Å². The summed E-state index contributed by atoms with van der Waals surface area (Å²) in [4.78, 5) is 36.9. The van der Waals surface area contributed by atoms with Crippen LogP contribution in [0.5, 0.6) is 0 Å². The maximum Gasteiger partial charge on any atom is 0.226 e. The Bertz CT molecular complexity index is 703. The number of rotatable bonds is 2. The van der Waals surface area contributed by atoms with Gasteiger partial charge in [-0.25, -0.2) is 4.98 Å². The lowest BCUT2D eigenvalue weighted by Crippen LogP contribution is -2.48. The van der Waals surface area contributed by atoms with E-state index in [9.17, 15) is 9.59 Å². The molecule has 27 heavy (non-hydrogen) atoms. The molecule has 0 radical (unpaired) electrons. The van der Waals surface area contributed by atoms with Crippen molar-refractivity contribution in [1.29, 1.82) is 0 Å². The van der Waals surface area contributed by atoms with Crippen molar-refractivity contribution < 1.29 is 9.59 Å². The molecule has 0 bridgehead atoms. The van der Waals surface area contributed by atoms with Crippen LogP contribution in [0.3, 0.4) is 0 Å². The molecule has 1 atom stereocenters. The maximum atomic E-state index is 12.9. The number of thiazole rings is 1. The third-order valence-electron chi connectivity index (χ3n) is 6.37. The van der Waals surface area contributed by atoms with Gasteiger partial charge in [0.15, 0.2) is 5.13 Å². The predicted octanol–water partition coefficient (Wildman–Crippen LogP) is 2.18. The highest BCUT2D eigenvalue weighted by atomic mass is 32.1. The van der Waals surface area contributed by atoms with Crippen molar-refractivity contribution in [3.05, 3.63) is 10.6 Å². The molecule has 3 heterocycles. The molecular weight excluding hydrogens is 360 g/mol. The van der Waals surface area contributed by atoms with Gasteiger partial charge in [-0.3, -0.25) is 9.59 Å². The highest BCUT2D eigenvalue weighted by Gasteiger charge is 2.32. The molecule has 2 amide bonds. The van der Waals surface area contributed by atoms with E-state index < -0.39 is 0 Å². The first-order valence-corrected chi connectivity index (χ1v) is 11.1. The zero-order valence-corrected chi connectivity index (χ0v) is 17.3. The fraction of sp³-hybridized carbons (Fsp3) is 0.750. The molecule has 2 saturated heterocycles. The molecule has 2 fully saturated rings. The van der Waals surface area contributed by atoms with Gasteiger partial charge in [0.1, 0.15) is 0 Å². The van der Waals surface area contributed by atoms with Crippen molar-refractivity contribution in [2.24, 2.45) is 11.8 Å². The lowest BCUT2D eigenvalue weighted by Gasteiger charge is -2.34. The van der Waals surface area contributed by atoms with Gasteiger partial charge < -0.3 is 14.7 Å². The number of fused-ring (bicyclic) bond motifs is 1. The lowest BCUT2D eigenvalue weighted by molar-refractivity contribution is -0.137. The summed E-state index contributed by atoms with van der Waals surface area (Å²) in [7, 11) is 0. The molecule has 4 rings (SSSR count). The normalized spacial score (nSPS) is 24.1. The van der Waals surface area contributed by atoms with Crippen molar-refractivity contribution in [2.75, 3.05) is 44.2 Å². The Morgan fingerprint density at radius 1 is 1.00 bits per heavy atom. The Kier molecular flexibility index (Phi) is 5.39. The minimum absolute atomic E-state index is 0.133. The first kappa shape index (κ1) is 18.7. The van der Waals surface area contributed by atoms with Gasteiger partial charge in [0.2, 0.25) is 11.8 Å². The first-order valence-electron chi connectivity index (χ1n) is 10.3. The van der Waals surface area contributed by atoms with Crippen molar-refractivity contribution in [2.45, 2.75) is 46.0 Å². The zero-order valence-electron chi connectivity index (χ0n) is 16.4. The third-order valence-corrected chi connectivity index (χ3v) is 7.55. The van der Waals surface area contributed by atoms with Crippen LogP contribution in [0.25, 0.3) is 0 Å². The molecule has 2 aliphatic heterocycles. The molecule has 3 aliphatic rings. The Labute approximate surface area is 165 Å². The minimum atomic E-state index is 0.133. The summed E-state index contributed by atoms with van der Waals surface area (Å²) in [5.41, 5.74) is 1.19. The molecule has 7 heteroatoms. The van der Waals surface area contributed by atoms with E-state index in [2.05, 4.69) is 16.7 Å². The highest BCUT2D eigenvalue weighted by molar-refractivity contribution is 7.15. The van der Waals surface area contributed by atoms with E-state index in [-0.39, 0.29) is 11.8 Å². The Morgan fingerprint density at radius 2 is 1.70 bits per heavy atom. The fourth-order valence-corrected chi connectivity index (χ4v) is 5.65. The molecule has 0 N–H and O–H groups in total. The summed E-state index contributed by atoms with van der Waals surface area (Å²) in [6.07, 6.45) is 4.98. The lowest BCUT2D eigenvalue weighted by atomic mass is 9.89. The second kappa shape index (κ2) is 7.78. The second-order valence-corrected chi connectivity index (χ2v) is 9.37. The standard InChI is InChI=1S/C20H30N4O2S/c1-14-5-7-23(8-6-14)19(26)16-3-4-17-18(13-16)27-20(21-17)24-11-9-22(10-12-24)15(2)25/h14,16H,3-13H2,1-2H3. The Balaban J connectivity index is 1.38. The van der Waals surface area contributed by atoms with E-state index in [1.807, 2.05) is 4.90 Å². The molecule has 0 aromatic carbocycles. The smallest absolute Gasteiger partial charge is 0.226 e. The molecular formula is C20H30N4O2S. The summed E-state index contributed by atoms with van der Waals surface area (Å²) >= 11 is 1.76. The van der Waals surface area contributed by atoms with Gasteiger partial charge >= 0.3 is 0 Å². The van der Waals surface area contributed by atoms with Crippen LogP contribution in [-0.4, -0.2) is 65.9 Å². The number of nitrogens with zero attached hydrogens (tertiary/aromatic N) is 4. The third kappa shape index (κ3) is 3.98. The molecule has 0 spiro atoms. The van der Waals surface area contributed by atoms with Gasteiger partial charge in [-0.2, -0.15) is 0 Å². The van der Waals surface area contributed by atoms with Gasteiger partial charge in [-0.05, 0) is 38.0 Å². The second-order valence-electron chi connectivity index (χ2n) is 8.31. The van der Waals surface area contributed by atoms with Crippen LogP contribution in [0.2, 0.25) is 0 Å². The summed E-state index contributed by atoms with van der Waals surface area (Å²) in [5, 5.41) is 1.07. The average Bonchev–Trinajstić information content (AvgIpc) is 3.11. The molecule has 1 aromatic rings. The van der Waals surface area contributed by atoms with Crippen molar-refractivity contribution >= 4 is 28.3 Å². The molecule has 1 aromatic heterocycles. The van der Waals surface area contributed by atoms with E-state index in [0.717, 1.165) is 82.4 Å². The minimum Gasteiger partial charge on any atom is -0.345 e. The number of hydrogen-bond donors (Lipinski definition) is 0. The number of aryl methyl sites for hydroxylation is 1. The van der Waals surface area contributed by atoms with Crippen molar-refractivity contribution in [1.82, 2.24) is 14.8 Å². The quantitative estimate of drug-likeness (QED) is 0.777. The number of hydrogen-bond acceptors (Lipinski definition) is 5. The highest BCUT2D eigenvalue weighted by Crippen LogP contribution is 2.35. The number of piperazine rings is 1. The van der Waals surface area contributed by atoms with E-state index >= 15 is 0 Å². The van der Waals surface area contributed by atoms with E-state index in [1.54, 1.807) is 18.3 Å². The van der Waals surface area contributed by atoms with Crippen LogP contribution in [0.4, 0.5) is 5.13 Å². The largest absolute Gasteiger partial charge is 0.345 e. The van der Waals surface area contributed by atoms with Crippen LogP contribution in [-0.2, 0) is 22.4 Å². The summed E-state index contributed by atoms with van der Waals surface area (Å²) < 4.78 is 0. The fourth-order valence-electron chi connectivity index (χ4n) is 4.41. The number of piperidine rings is 1. The number of carbonyl (C=O) groups excluding carboxylic acids is 2. The summed E-state index contributed by atoms with van der Waals surface area (Å²) in [6, 6.07) is 0. The van der Waals surface area contributed by atoms with Gasteiger partial charge in [0, 0.05) is 57.0 Å². The zero-order chi connectivity index (χ0) is 19.0. The van der Waals surface area contributed by atoms with Crippen LogP contribution in [0, 0.1) is 11.8 Å². The molecule has 148 valence electrons. The van der Waals surface area contributed by atoms with Crippen molar-refractivity contribution in [3.63, 3.8) is 0 Å². The van der Waals surface area contributed by atoms with Crippen LogP contribution in [0.1, 0.15) is 43.7 Å². The van der Waals surface area contributed by atoms with Crippen LogP contribution >= 0.6 is 11.3 Å². The van der Waals surface area contributed by atoms with E-state index in [0.29, 0.717) is 5.91 Å².